The van der Waals surface area contributed by atoms with Gasteiger partial charge in [-0.15, -0.1) is 0 Å². The van der Waals surface area contributed by atoms with Gasteiger partial charge in [-0.1, -0.05) is 24.3 Å². The van der Waals surface area contributed by atoms with Crippen molar-refractivity contribution in [1.82, 2.24) is 19.5 Å². The summed E-state index contributed by atoms with van der Waals surface area (Å²) in [6.07, 6.45) is -4.47. The van der Waals surface area contributed by atoms with Crippen molar-refractivity contribution in [2.24, 2.45) is 0 Å². The van der Waals surface area contributed by atoms with Crippen LogP contribution < -0.4 is 0 Å². The number of fused-ring (bicyclic) bond motifs is 3. The van der Waals surface area contributed by atoms with Gasteiger partial charge in [-0.25, -0.2) is 15.0 Å². The summed E-state index contributed by atoms with van der Waals surface area (Å²) in [6.45, 7) is 3.49. The van der Waals surface area contributed by atoms with Crippen LogP contribution in [0, 0.1) is 25.2 Å². The van der Waals surface area contributed by atoms with Crippen LogP contribution in [0.3, 0.4) is 0 Å². The van der Waals surface area contributed by atoms with Crippen molar-refractivity contribution in [1.29, 1.82) is 5.26 Å². The molecular formula is C25H16F3N5. The van der Waals surface area contributed by atoms with E-state index in [1.807, 2.05) is 24.3 Å². The van der Waals surface area contributed by atoms with Crippen LogP contribution in [0.15, 0.2) is 60.7 Å². The summed E-state index contributed by atoms with van der Waals surface area (Å²) in [7, 11) is 0. The van der Waals surface area contributed by atoms with Gasteiger partial charge in [0.1, 0.15) is 11.6 Å². The topological polar surface area (TPSA) is 67.4 Å². The van der Waals surface area contributed by atoms with Gasteiger partial charge in [-0.05, 0) is 50.2 Å². The number of aryl methyl sites for hydroxylation is 2. The fourth-order valence-corrected chi connectivity index (χ4v) is 4.12. The molecule has 0 atom stereocenters. The molecule has 5 nitrogen and oxygen atoms in total. The normalized spacial score (nSPS) is 11.8. The zero-order chi connectivity index (χ0) is 23.3. The molecule has 0 bridgehead atoms. The molecule has 2 heterocycles. The highest BCUT2D eigenvalue weighted by Gasteiger charge is 2.31. The molecule has 0 aliphatic carbocycles. The molecule has 0 aliphatic rings. The number of para-hydroxylation sites is 1. The van der Waals surface area contributed by atoms with E-state index in [1.54, 1.807) is 36.6 Å². The molecule has 5 aromatic rings. The maximum atomic E-state index is 13.5. The van der Waals surface area contributed by atoms with Crippen molar-refractivity contribution in [2.45, 2.75) is 20.0 Å². The van der Waals surface area contributed by atoms with Crippen LogP contribution in [0.2, 0.25) is 0 Å². The van der Waals surface area contributed by atoms with E-state index in [4.69, 9.17) is 0 Å². The van der Waals surface area contributed by atoms with E-state index in [0.717, 1.165) is 23.0 Å². The van der Waals surface area contributed by atoms with Gasteiger partial charge >= 0.3 is 6.18 Å². The van der Waals surface area contributed by atoms with Gasteiger partial charge in [0.2, 0.25) is 0 Å². The smallest absolute Gasteiger partial charge is 0.309 e. The minimum atomic E-state index is -4.47. The van der Waals surface area contributed by atoms with Crippen LogP contribution in [0.25, 0.3) is 38.9 Å². The van der Waals surface area contributed by atoms with Crippen LogP contribution >= 0.6 is 0 Å². The van der Waals surface area contributed by atoms with Gasteiger partial charge in [-0.2, -0.15) is 18.4 Å². The van der Waals surface area contributed by atoms with Gasteiger partial charge in [0.05, 0.1) is 28.2 Å². The van der Waals surface area contributed by atoms with Crippen molar-refractivity contribution in [3.8, 4) is 23.1 Å². The quantitative estimate of drug-likeness (QED) is 0.329. The van der Waals surface area contributed by atoms with Gasteiger partial charge in [0.25, 0.3) is 0 Å². The minimum Gasteiger partial charge on any atom is -0.309 e. The Kier molecular flexibility index (Phi) is 4.64. The molecule has 0 N–H and O–H groups in total. The second kappa shape index (κ2) is 7.41. The Labute approximate surface area is 186 Å². The molecule has 0 unspecified atom stereocenters. The van der Waals surface area contributed by atoms with Crippen LogP contribution in [-0.2, 0) is 6.18 Å². The van der Waals surface area contributed by atoms with Gasteiger partial charge < -0.3 is 4.57 Å². The average Bonchev–Trinajstić information content (AvgIpc) is 3.11. The number of nitrogens with zero attached hydrogens (tertiary/aromatic N) is 5. The summed E-state index contributed by atoms with van der Waals surface area (Å²) in [5, 5.41) is 11.4. The molecule has 0 saturated heterocycles. The van der Waals surface area contributed by atoms with E-state index in [1.165, 1.54) is 6.07 Å². The van der Waals surface area contributed by atoms with Crippen molar-refractivity contribution in [3.05, 3.63) is 83.4 Å². The van der Waals surface area contributed by atoms with Crippen LogP contribution in [0.4, 0.5) is 13.2 Å². The highest BCUT2D eigenvalue weighted by Crippen LogP contribution is 2.37. The lowest BCUT2D eigenvalue weighted by Gasteiger charge is -2.12. The fraction of sp³-hybridized carbons (Fsp3) is 0.120. The lowest BCUT2D eigenvalue weighted by Crippen LogP contribution is -2.05. The second-order valence-electron chi connectivity index (χ2n) is 7.68. The Morgan fingerprint density at radius 1 is 0.818 bits per heavy atom. The van der Waals surface area contributed by atoms with Crippen molar-refractivity contribution in [2.75, 3.05) is 0 Å². The molecule has 3 aromatic carbocycles. The van der Waals surface area contributed by atoms with E-state index in [2.05, 4.69) is 21.0 Å². The molecule has 0 amide bonds. The number of hydrogen-bond donors (Lipinski definition) is 0. The SMILES string of the molecule is Cc1nc(C)nc(-c2ccc(-n3c4ccccc4c4ccc(C(F)(F)F)cc43)cc2C#N)n1. The predicted molar refractivity (Wildman–Crippen MR) is 119 cm³/mol. The Bertz CT molecular complexity index is 1570. The molecule has 2 aromatic heterocycles. The third kappa shape index (κ3) is 3.48. The first-order chi connectivity index (χ1) is 15.8. The van der Waals surface area contributed by atoms with Crippen molar-refractivity contribution >= 4 is 21.8 Å². The summed E-state index contributed by atoms with van der Waals surface area (Å²) in [5.41, 5.74) is 1.85. The summed E-state index contributed by atoms with van der Waals surface area (Å²) in [5.74, 6) is 1.45. The Balaban J connectivity index is 1.79. The first-order valence-electron chi connectivity index (χ1n) is 10.1. The Morgan fingerprint density at radius 2 is 1.52 bits per heavy atom. The zero-order valence-corrected chi connectivity index (χ0v) is 17.6. The summed E-state index contributed by atoms with van der Waals surface area (Å²) >= 11 is 0. The van der Waals surface area contributed by atoms with E-state index >= 15 is 0 Å². The first-order valence-corrected chi connectivity index (χ1v) is 10.1. The molecular weight excluding hydrogens is 427 g/mol. The Hall–Kier alpha value is -4.25. The van der Waals surface area contributed by atoms with E-state index in [9.17, 15) is 18.4 Å². The number of nitriles is 1. The second-order valence-corrected chi connectivity index (χ2v) is 7.68. The molecule has 162 valence electrons. The van der Waals surface area contributed by atoms with E-state index in [-0.39, 0.29) is 0 Å². The first kappa shape index (κ1) is 20.6. The van der Waals surface area contributed by atoms with Crippen LogP contribution in [0.1, 0.15) is 22.8 Å². The van der Waals surface area contributed by atoms with Crippen molar-refractivity contribution in [3.63, 3.8) is 0 Å². The van der Waals surface area contributed by atoms with Gasteiger partial charge in [0, 0.05) is 22.0 Å². The van der Waals surface area contributed by atoms with E-state index in [0.29, 0.717) is 45.2 Å². The van der Waals surface area contributed by atoms with Gasteiger partial charge in [0.15, 0.2) is 5.82 Å². The molecule has 0 spiro atoms. The average molecular weight is 443 g/mol. The van der Waals surface area contributed by atoms with Crippen LogP contribution in [0.5, 0.6) is 0 Å². The molecule has 0 fully saturated rings. The van der Waals surface area contributed by atoms with Crippen molar-refractivity contribution < 1.29 is 13.2 Å². The largest absolute Gasteiger partial charge is 0.416 e. The number of hydrogen-bond acceptors (Lipinski definition) is 4. The lowest BCUT2D eigenvalue weighted by atomic mass is 10.1. The predicted octanol–water partition coefficient (Wildman–Crippen LogP) is 6.14. The van der Waals surface area contributed by atoms with E-state index < -0.39 is 11.7 Å². The maximum Gasteiger partial charge on any atom is 0.416 e. The minimum absolute atomic E-state index is 0.315. The molecule has 8 heteroatoms. The zero-order valence-electron chi connectivity index (χ0n) is 17.6. The van der Waals surface area contributed by atoms with Crippen LogP contribution in [-0.4, -0.2) is 19.5 Å². The number of benzene rings is 3. The lowest BCUT2D eigenvalue weighted by molar-refractivity contribution is -0.137. The number of alkyl halides is 3. The standard InChI is InChI=1S/C25H16F3N5/c1-14-30-15(2)32-24(31-14)19-10-8-18(11-16(19)13-29)33-22-6-4-3-5-20(22)21-9-7-17(12-23(21)33)25(26,27)28/h3-12H,1-2H3. The van der Waals surface area contributed by atoms with Gasteiger partial charge in [-0.3, -0.25) is 0 Å². The number of rotatable bonds is 2. The summed E-state index contributed by atoms with van der Waals surface area (Å²) < 4.78 is 42.1. The number of aromatic nitrogens is 4. The molecule has 0 aliphatic heterocycles. The highest BCUT2D eigenvalue weighted by atomic mass is 19.4. The molecule has 0 saturated carbocycles. The monoisotopic (exact) mass is 443 g/mol. The molecule has 33 heavy (non-hydrogen) atoms. The summed E-state index contributed by atoms with van der Waals surface area (Å²) in [6, 6.07) is 18.4. The highest BCUT2D eigenvalue weighted by molar-refractivity contribution is 6.09. The maximum absolute atomic E-state index is 13.5. The molecule has 5 rings (SSSR count). The Morgan fingerprint density at radius 3 is 2.21 bits per heavy atom. The molecule has 0 radical (unpaired) electrons. The summed E-state index contributed by atoms with van der Waals surface area (Å²) in [4.78, 5) is 12.8. The third-order valence-electron chi connectivity index (χ3n) is 5.48. The number of halogens is 3. The third-order valence-corrected chi connectivity index (χ3v) is 5.48. The fourth-order valence-electron chi connectivity index (χ4n) is 4.12.